The summed E-state index contributed by atoms with van der Waals surface area (Å²) in [6.45, 7) is 3.27. The largest absolute Gasteiger partial charge is 0.493 e. The van der Waals surface area contributed by atoms with Gasteiger partial charge in [-0.15, -0.1) is 10.2 Å². The first-order valence-corrected chi connectivity index (χ1v) is 15.1. The van der Waals surface area contributed by atoms with Crippen molar-refractivity contribution in [1.29, 1.82) is 0 Å². The van der Waals surface area contributed by atoms with Gasteiger partial charge in [-0.05, 0) is 54.0 Å². The number of morpholine rings is 1. The molecule has 1 unspecified atom stereocenters. The van der Waals surface area contributed by atoms with E-state index >= 15 is 0 Å². The van der Waals surface area contributed by atoms with Crippen LogP contribution in [0.4, 0.5) is 4.39 Å². The lowest BCUT2D eigenvalue weighted by Crippen LogP contribution is -2.50. The normalized spacial score (nSPS) is 16.7. The number of carbonyl (C=O) groups is 2. The van der Waals surface area contributed by atoms with Crippen molar-refractivity contribution < 1.29 is 28.2 Å². The molecule has 1 aromatic heterocycles. The number of nitrogens with one attached hydrogen (secondary N) is 1. The van der Waals surface area contributed by atoms with Crippen LogP contribution >= 0.6 is 0 Å². The molecule has 1 saturated heterocycles. The molecule has 1 N–H and O–H groups in total. The number of carbonyl (C=O) groups excluding carboxylic acids is 2. The van der Waals surface area contributed by atoms with Crippen LogP contribution < -0.4 is 14.8 Å². The topological polar surface area (TPSA) is 124 Å². The minimum atomic E-state index is -0.958. The first-order valence-electron chi connectivity index (χ1n) is 15.1. The zero-order chi connectivity index (χ0) is 30.9. The van der Waals surface area contributed by atoms with E-state index in [9.17, 15) is 14.0 Å². The molecule has 1 saturated carbocycles. The molecule has 0 radical (unpaired) electrons. The number of ether oxygens (including phenoxy) is 3. The molecule has 1 aliphatic carbocycles. The summed E-state index contributed by atoms with van der Waals surface area (Å²) >= 11 is 0. The lowest BCUT2D eigenvalue weighted by Gasteiger charge is -2.35. The number of benzene rings is 2. The molecule has 13 heteroatoms. The third-order valence-corrected chi connectivity index (χ3v) is 8.15. The van der Waals surface area contributed by atoms with Gasteiger partial charge < -0.3 is 24.4 Å². The predicted octanol–water partition coefficient (Wildman–Crippen LogP) is 2.85. The second-order valence-electron chi connectivity index (χ2n) is 11.1. The summed E-state index contributed by atoms with van der Waals surface area (Å²) in [5.41, 5.74) is 1.18. The maximum absolute atomic E-state index is 14.1. The number of hydrogen-bond acceptors (Lipinski definition) is 9. The zero-order valence-electron chi connectivity index (χ0n) is 25.3. The quantitative estimate of drug-likeness (QED) is 0.330. The predicted molar refractivity (Wildman–Crippen MR) is 159 cm³/mol. The molecule has 2 aliphatic rings. The van der Waals surface area contributed by atoms with Crippen molar-refractivity contribution in [3.05, 3.63) is 53.8 Å². The molecule has 2 amide bonds. The van der Waals surface area contributed by atoms with Gasteiger partial charge in [-0.2, -0.15) is 4.80 Å². The fourth-order valence-electron chi connectivity index (χ4n) is 5.73. The van der Waals surface area contributed by atoms with Crippen LogP contribution in [0.1, 0.15) is 43.7 Å². The molecule has 5 rings (SSSR count). The van der Waals surface area contributed by atoms with Gasteiger partial charge in [0.05, 0.1) is 27.4 Å². The summed E-state index contributed by atoms with van der Waals surface area (Å²) in [5, 5.41) is 15.9. The lowest BCUT2D eigenvalue weighted by molar-refractivity contribution is -0.142. The van der Waals surface area contributed by atoms with Gasteiger partial charge in [0, 0.05) is 37.8 Å². The Bertz CT molecular complexity index is 1390. The van der Waals surface area contributed by atoms with Gasteiger partial charge in [0.2, 0.25) is 17.6 Å². The van der Waals surface area contributed by atoms with Crippen LogP contribution in [0.15, 0.2) is 42.5 Å². The van der Waals surface area contributed by atoms with Crippen LogP contribution in [0.3, 0.4) is 0 Å². The number of halogens is 1. The van der Waals surface area contributed by atoms with Crippen LogP contribution in [0.25, 0.3) is 11.4 Å². The smallest absolute Gasteiger partial charge is 0.247 e. The van der Waals surface area contributed by atoms with E-state index in [1.807, 2.05) is 0 Å². The number of nitrogens with zero attached hydrogens (tertiary/aromatic N) is 6. The fraction of sp³-hybridized carbons (Fsp3) is 0.516. The number of amides is 2. The summed E-state index contributed by atoms with van der Waals surface area (Å²) in [6.07, 6.45) is 5.03. The molecule has 2 heterocycles. The molecular formula is C31H40FN7O5. The van der Waals surface area contributed by atoms with Gasteiger partial charge in [-0.25, -0.2) is 4.39 Å². The summed E-state index contributed by atoms with van der Waals surface area (Å²) in [4.78, 5) is 33.0. The maximum Gasteiger partial charge on any atom is 0.247 e. The Morgan fingerprint density at radius 3 is 2.48 bits per heavy atom. The van der Waals surface area contributed by atoms with Crippen LogP contribution in [-0.2, 0) is 20.9 Å². The van der Waals surface area contributed by atoms with Crippen molar-refractivity contribution in [3.63, 3.8) is 0 Å². The molecule has 0 spiro atoms. The maximum atomic E-state index is 14.1. The van der Waals surface area contributed by atoms with E-state index in [0.717, 1.165) is 45.2 Å². The fourth-order valence-corrected chi connectivity index (χ4v) is 5.73. The van der Waals surface area contributed by atoms with E-state index in [1.165, 1.54) is 24.0 Å². The average molecular weight is 610 g/mol. The molecular weight excluding hydrogens is 569 g/mol. The first kappa shape index (κ1) is 31.3. The Labute approximate surface area is 256 Å². The first-order chi connectivity index (χ1) is 21.4. The summed E-state index contributed by atoms with van der Waals surface area (Å²) in [7, 11) is 3.09. The van der Waals surface area contributed by atoms with Gasteiger partial charge in [0.15, 0.2) is 11.5 Å². The van der Waals surface area contributed by atoms with Gasteiger partial charge in [-0.1, -0.05) is 31.4 Å². The highest BCUT2D eigenvalue weighted by molar-refractivity contribution is 5.89. The van der Waals surface area contributed by atoms with Crippen LogP contribution in [-0.4, -0.2) is 101 Å². The van der Waals surface area contributed by atoms with Crippen molar-refractivity contribution in [2.45, 2.75) is 50.7 Å². The Hall–Kier alpha value is -4.10. The molecule has 1 aliphatic heterocycles. The molecule has 2 fully saturated rings. The number of aromatic nitrogens is 4. The van der Waals surface area contributed by atoms with E-state index in [-0.39, 0.29) is 30.9 Å². The van der Waals surface area contributed by atoms with Crippen molar-refractivity contribution in [2.75, 3.05) is 53.6 Å². The van der Waals surface area contributed by atoms with Gasteiger partial charge in [0.25, 0.3) is 0 Å². The Morgan fingerprint density at radius 2 is 1.77 bits per heavy atom. The molecule has 44 heavy (non-hydrogen) atoms. The van der Waals surface area contributed by atoms with E-state index in [4.69, 9.17) is 14.2 Å². The van der Waals surface area contributed by atoms with Gasteiger partial charge >= 0.3 is 0 Å². The Balaban J connectivity index is 1.41. The SMILES string of the molecule is COc1ccc(-c2nnn(CC(=O)N(CCN3CCOCC3)C(C(=O)NC3CCCCC3)c3ccc(F)cc3)n2)cc1OC. The molecule has 236 valence electrons. The summed E-state index contributed by atoms with van der Waals surface area (Å²) in [5.74, 6) is 0.328. The third-order valence-electron chi connectivity index (χ3n) is 8.15. The monoisotopic (exact) mass is 609 g/mol. The zero-order valence-corrected chi connectivity index (χ0v) is 25.3. The number of methoxy groups -OCH3 is 2. The van der Waals surface area contributed by atoms with Crippen molar-refractivity contribution in [1.82, 2.24) is 35.3 Å². The minimum absolute atomic E-state index is 0.0384. The number of hydrogen-bond donors (Lipinski definition) is 1. The summed E-state index contributed by atoms with van der Waals surface area (Å²) < 4.78 is 30.1. The number of tetrazole rings is 1. The van der Waals surface area contributed by atoms with Crippen LogP contribution in [0.2, 0.25) is 0 Å². The number of rotatable bonds is 12. The molecule has 12 nitrogen and oxygen atoms in total. The average Bonchev–Trinajstić information content (AvgIpc) is 3.52. The van der Waals surface area contributed by atoms with Crippen molar-refractivity contribution in [3.8, 4) is 22.9 Å². The van der Waals surface area contributed by atoms with Crippen LogP contribution in [0, 0.1) is 5.82 Å². The highest BCUT2D eigenvalue weighted by atomic mass is 19.1. The van der Waals surface area contributed by atoms with Crippen molar-refractivity contribution in [2.24, 2.45) is 0 Å². The third kappa shape index (κ3) is 7.88. The Kier molecular flexibility index (Phi) is 10.7. The second kappa shape index (κ2) is 15.1. The minimum Gasteiger partial charge on any atom is -0.493 e. The Morgan fingerprint density at radius 1 is 1.05 bits per heavy atom. The van der Waals surface area contributed by atoms with Crippen LogP contribution in [0.5, 0.6) is 11.5 Å². The molecule has 2 aromatic carbocycles. The highest BCUT2D eigenvalue weighted by Gasteiger charge is 2.34. The lowest BCUT2D eigenvalue weighted by atomic mass is 9.94. The van der Waals surface area contributed by atoms with Gasteiger partial charge in [-0.3, -0.25) is 14.5 Å². The van der Waals surface area contributed by atoms with E-state index in [0.29, 0.717) is 48.2 Å². The van der Waals surface area contributed by atoms with E-state index < -0.39 is 11.9 Å². The van der Waals surface area contributed by atoms with E-state index in [1.54, 1.807) is 42.3 Å². The molecule has 3 aromatic rings. The second-order valence-corrected chi connectivity index (χ2v) is 11.1. The van der Waals surface area contributed by atoms with Crippen molar-refractivity contribution >= 4 is 11.8 Å². The van der Waals surface area contributed by atoms with E-state index in [2.05, 4.69) is 25.6 Å². The standard InChI is InChI=1S/C31H40FN7O5/c1-42-26-13-10-23(20-27(26)43-2)30-34-36-39(35-30)21-28(40)38(15-14-37-16-18-44-19-17-37)29(22-8-11-24(32)12-9-22)31(41)33-25-6-4-3-5-7-25/h8-13,20,25,29H,3-7,14-19,21H2,1-2H3,(H,33,41). The summed E-state index contributed by atoms with van der Waals surface area (Å²) in [6, 6.07) is 10.1. The van der Waals surface area contributed by atoms with Gasteiger partial charge in [0.1, 0.15) is 18.4 Å². The molecule has 0 bridgehead atoms. The highest BCUT2D eigenvalue weighted by Crippen LogP contribution is 2.31. The molecule has 1 atom stereocenters.